The van der Waals surface area contributed by atoms with Crippen LogP contribution in [0.5, 0.6) is 0 Å². The highest BCUT2D eigenvalue weighted by Gasteiger charge is 2.08. The molecule has 8 nitrogen and oxygen atoms in total. The molecule has 0 aromatic carbocycles. The van der Waals surface area contributed by atoms with Crippen LogP contribution in [0.4, 0.5) is 4.79 Å². The van der Waals surface area contributed by atoms with Crippen molar-refractivity contribution in [2.24, 2.45) is 0 Å². The summed E-state index contributed by atoms with van der Waals surface area (Å²) in [5.41, 5.74) is 0. The Hall–Kier alpha value is -2.12. The summed E-state index contributed by atoms with van der Waals surface area (Å²) in [5, 5.41) is 2.27. The van der Waals surface area contributed by atoms with E-state index in [9.17, 15) is 19.2 Å². The van der Waals surface area contributed by atoms with E-state index in [2.05, 4.69) is 19.5 Å². The number of methoxy groups -OCH3 is 1. The van der Waals surface area contributed by atoms with Crippen molar-refractivity contribution in [3.8, 4) is 0 Å². The van der Waals surface area contributed by atoms with E-state index in [0.29, 0.717) is 0 Å². The Labute approximate surface area is 177 Å². The average molecular weight is 422 g/mol. The van der Waals surface area contributed by atoms with E-state index >= 15 is 0 Å². The Morgan fingerprint density at radius 2 is 1.11 bits per heavy atom. The van der Waals surface area contributed by atoms with Gasteiger partial charge in [-0.15, -0.1) is 0 Å². The minimum absolute atomic E-state index is 0. The van der Waals surface area contributed by atoms with Crippen molar-refractivity contribution < 1.29 is 33.4 Å². The molecular formula is C20H55NO7. The van der Waals surface area contributed by atoms with Crippen LogP contribution in [0.25, 0.3) is 0 Å². The van der Waals surface area contributed by atoms with Gasteiger partial charge in [-0.05, 0) is 6.92 Å². The molecule has 0 saturated carbocycles. The molecular weight excluding hydrogens is 366 g/mol. The van der Waals surface area contributed by atoms with Gasteiger partial charge in [-0.3, -0.25) is 14.4 Å². The lowest BCUT2D eigenvalue weighted by atomic mass is 10.3. The maximum Gasteiger partial charge on any atom is 0.406 e. The first-order valence-corrected chi connectivity index (χ1v) is 5.08. The van der Waals surface area contributed by atoms with Gasteiger partial charge in [-0.1, -0.05) is 74.3 Å². The molecule has 0 heterocycles. The van der Waals surface area contributed by atoms with Gasteiger partial charge in [0, 0.05) is 6.54 Å². The third-order valence-electron chi connectivity index (χ3n) is 1.62. The minimum atomic E-state index is -0.761. The van der Waals surface area contributed by atoms with Crippen molar-refractivity contribution >= 4 is 23.8 Å². The second-order valence-corrected chi connectivity index (χ2v) is 3.20. The third kappa shape index (κ3) is 49.6. The Balaban J connectivity index is -0.0000000321. The van der Waals surface area contributed by atoms with Crippen molar-refractivity contribution in [1.82, 2.24) is 5.32 Å². The maximum atomic E-state index is 11.0. The molecule has 0 aliphatic carbocycles. The number of hydrogen-bond donors (Lipinski definition) is 1. The van der Waals surface area contributed by atoms with Crippen LogP contribution in [-0.4, -0.2) is 44.3 Å². The number of Topliss-reactive ketones (excluding diaryl/α,β-unsaturated/α-hetero) is 1. The first kappa shape index (κ1) is 72.4. The van der Waals surface area contributed by atoms with E-state index in [0.717, 1.165) is 0 Å². The Morgan fingerprint density at radius 1 is 0.714 bits per heavy atom. The third-order valence-corrected chi connectivity index (χ3v) is 1.62. The second-order valence-electron chi connectivity index (χ2n) is 3.20. The topological polar surface area (TPSA) is 108 Å². The van der Waals surface area contributed by atoms with Crippen molar-refractivity contribution in [2.45, 2.75) is 94.0 Å². The van der Waals surface area contributed by atoms with E-state index < -0.39 is 24.8 Å². The quantitative estimate of drug-likeness (QED) is 0.300. The summed E-state index contributed by atoms with van der Waals surface area (Å²) in [5.74, 6) is -1.75. The van der Waals surface area contributed by atoms with Gasteiger partial charge in [0.05, 0.1) is 13.5 Å². The molecule has 0 bridgehead atoms. The number of nitrogens with one attached hydrogen (secondary N) is 1. The number of ketones is 1. The standard InChI is InChI=1S/C10H15NO7.10CH4/c1-7(12)5-9(14)18-6-17-8(13)3-4-11-10(15)16-2;;;;;;;;;;/h3-6H2,1-2H3,(H,11,15);10*1H4. The van der Waals surface area contributed by atoms with Crippen molar-refractivity contribution in [1.29, 1.82) is 0 Å². The molecule has 0 spiro atoms. The van der Waals surface area contributed by atoms with Gasteiger partial charge in [0.15, 0.2) is 0 Å². The number of carbonyl (C=O) groups is 4. The SMILES string of the molecule is C.C.C.C.C.C.C.C.C.C.COC(=O)NCCC(=O)OCOC(=O)CC(C)=O. The fourth-order valence-corrected chi connectivity index (χ4v) is 0.826. The molecule has 182 valence electrons. The number of hydrogen-bond acceptors (Lipinski definition) is 7. The lowest BCUT2D eigenvalue weighted by molar-refractivity contribution is -0.167. The summed E-state index contributed by atoms with van der Waals surface area (Å²) < 4.78 is 13.3. The highest BCUT2D eigenvalue weighted by atomic mass is 16.7. The summed E-state index contributed by atoms with van der Waals surface area (Å²) in [6, 6.07) is 0. The van der Waals surface area contributed by atoms with Gasteiger partial charge in [-0.25, -0.2) is 4.79 Å². The first-order chi connectivity index (χ1) is 8.45. The Morgan fingerprint density at radius 3 is 1.46 bits per heavy atom. The molecule has 0 aromatic heterocycles. The molecule has 28 heavy (non-hydrogen) atoms. The molecule has 0 saturated heterocycles. The number of rotatable bonds is 7. The number of amides is 1. The number of carbonyl (C=O) groups excluding carboxylic acids is 4. The monoisotopic (exact) mass is 421 g/mol. The predicted octanol–water partition coefficient (Wildman–Crippen LogP) is 6.12. The van der Waals surface area contributed by atoms with Crippen LogP contribution in [-0.2, 0) is 28.6 Å². The largest absolute Gasteiger partial charge is 0.453 e. The molecule has 0 rings (SSSR count). The second kappa shape index (κ2) is 44.4. The summed E-state index contributed by atoms with van der Waals surface area (Å²) in [6.07, 6.45) is -1.10. The highest BCUT2D eigenvalue weighted by Crippen LogP contribution is 1.91. The van der Waals surface area contributed by atoms with Crippen LogP contribution in [0.3, 0.4) is 0 Å². The smallest absolute Gasteiger partial charge is 0.406 e. The summed E-state index contributed by atoms with van der Waals surface area (Å²) >= 11 is 0. The van der Waals surface area contributed by atoms with Crippen molar-refractivity contribution in [2.75, 3.05) is 20.4 Å². The van der Waals surface area contributed by atoms with E-state index in [1.807, 2.05) is 0 Å². The van der Waals surface area contributed by atoms with E-state index in [1.165, 1.54) is 14.0 Å². The normalized spacial score (nSPS) is 5.93. The van der Waals surface area contributed by atoms with Gasteiger partial charge in [0.25, 0.3) is 0 Å². The van der Waals surface area contributed by atoms with Crippen molar-refractivity contribution in [3.05, 3.63) is 0 Å². The van der Waals surface area contributed by atoms with Crippen LogP contribution in [0.15, 0.2) is 0 Å². The average Bonchev–Trinajstić information content (AvgIpc) is 2.27. The van der Waals surface area contributed by atoms with E-state index in [1.54, 1.807) is 0 Å². The van der Waals surface area contributed by atoms with Gasteiger partial charge in [0.2, 0.25) is 6.79 Å². The first-order valence-electron chi connectivity index (χ1n) is 5.08. The van der Waals surface area contributed by atoms with Gasteiger partial charge in [0.1, 0.15) is 12.2 Å². The predicted molar refractivity (Wildman–Crippen MR) is 125 cm³/mol. The molecule has 8 heteroatoms. The molecule has 0 atom stereocenters. The fraction of sp³-hybridized carbons (Fsp3) is 0.800. The van der Waals surface area contributed by atoms with Crippen molar-refractivity contribution in [3.63, 3.8) is 0 Å². The zero-order valence-electron chi connectivity index (χ0n) is 10.2. The fourth-order valence-electron chi connectivity index (χ4n) is 0.826. The number of ether oxygens (including phenoxy) is 3. The Bertz CT molecular complexity index is 333. The zero-order chi connectivity index (χ0) is 14.0. The summed E-state index contributed by atoms with van der Waals surface area (Å²) in [6.45, 7) is 0.738. The summed E-state index contributed by atoms with van der Waals surface area (Å²) in [7, 11) is 1.20. The van der Waals surface area contributed by atoms with Gasteiger partial charge >= 0.3 is 18.0 Å². The van der Waals surface area contributed by atoms with Crippen LogP contribution >= 0.6 is 0 Å². The minimum Gasteiger partial charge on any atom is -0.453 e. The molecule has 1 amide bonds. The molecule has 1 N–H and O–H groups in total. The van der Waals surface area contributed by atoms with E-state index in [-0.39, 0.29) is 99.4 Å². The number of alkyl carbamates (subject to hydrolysis) is 1. The molecule has 0 radical (unpaired) electrons. The molecule has 0 unspecified atom stereocenters. The van der Waals surface area contributed by atoms with Gasteiger partial charge < -0.3 is 19.5 Å². The van der Waals surface area contributed by atoms with Crippen LogP contribution in [0, 0.1) is 0 Å². The Kier molecular flexibility index (Phi) is 115. The lowest BCUT2D eigenvalue weighted by Gasteiger charge is -2.06. The molecule has 0 fully saturated rings. The number of esters is 2. The molecule has 0 aliphatic rings. The van der Waals surface area contributed by atoms with E-state index in [4.69, 9.17) is 0 Å². The molecule has 0 aromatic rings. The van der Waals surface area contributed by atoms with Crippen LogP contribution in [0.1, 0.15) is 94.0 Å². The lowest BCUT2D eigenvalue weighted by Crippen LogP contribution is -2.26. The van der Waals surface area contributed by atoms with Crippen LogP contribution in [0.2, 0.25) is 0 Å². The molecule has 0 aliphatic heterocycles. The van der Waals surface area contributed by atoms with Gasteiger partial charge in [-0.2, -0.15) is 0 Å². The maximum absolute atomic E-state index is 11.0. The van der Waals surface area contributed by atoms with Crippen LogP contribution < -0.4 is 5.32 Å². The highest BCUT2D eigenvalue weighted by molar-refractivity contribution is 5.94. The zero-order valence-corrected chi connectivity index (χ0v) is 10.2. The summed E-state index contributed by atoms with van der Waals surface area (Å²) in [4.78, 5) is 43.1.